The molecule has 158 valence electrons. The lowest BCUT2D eigenvalue weighted by Crippen LogP contribution is -2.35. The van der Waals surface area contributed by atoms with Crippen LogP contribution in [0.15, 0.2) is 36.4 Å². The second kappa shape index (κ2) is 9.02. The molecule has 2 unspecified atom stereocenters. The molecule has 0 aromatic heterocycles. The normalized spacial score (nSPS) is 17.2. The lowest BCUT2D eigenvalue weighted by molar-refractivity contribution is -0.118. The Morgan fingerprint density at radius 3 is 2.43 bits per heavy atom. The van der Waals surface area contributed by atoms with Crippen molar-refractivity contribution in [3.63, 3.8) is 0 Å². The van der Waals surface area contributed by atoms with Gasteiger partial charge in [-0.2, -0.15) is 0 Å². The van der Waals surface area contributed by atoms with Crippen LogP contribution in [-0.2, 0) is 9.59 Å². The number of carbonyl (C=O) groups excluding carboxylic acids is 3. The van der Waals surface area contributed by atoms with Gasteiger partial charge in [-0.1, -0.05) is 30.1 Å². The lowest BCUT2D eigenvalue weighted by Gasteiger charge is -2.19. The predicted octanol–water partition coefficient (Wildman–Crippen LogP) is 4.44. The third kappa shape index (κ3) is 5.29. The Balaban J connectivity index is 1.68. The molecule has 2 aromatic rings. The highest BCUT2D eigenvalue weighted by Gasteiger charge is 2.39. The Morgan fingerprint density at radius 1 is 1.10 bits per heavy atom. The largest absolute Gasteiger partial charge is 0.332 e. The van der Waals surface area contributed by atoms with Crippen LogP contribution in [0.25, 0.3) is 0 Å². The zero-order valence-corrected chi connectivity index (χ0v) is 17.9. The van der Waals surface area contributed by atoms with Crippen LogP contribution in [0.3, 0.4) is 0 Å². The van der Waals surface area contributed by atoms with Crippen molar-refractivity contribution in [3.8, 4) is 0 Å². The molecular formula is C21H20Cl2FN3O3. The van der Waals surface area contributed by atoms with Gasteiger partial charge in [-0.25, -0.2) is 4.39 Å². The minimum Gasteiger partial charge on any atom is -0.332 e. The van der Waals surface area contributed by atoms with E-state index in [0.717, 1.165) is 17.4 Å². The van der Waals surface area contributed by atoms with Crippen LogP contribution >= 0.6 is 23.2 Å². The molecule has 3 rings (SSSR count). The first-order valence-electron chi connectivity index (χ1n) is 9.26. The second-order valence-corrected chi connectivity index (χ2v) is 8.15. The van der Waals surface area contributed by atoms with Gasteiger partial charge in [-0.05, 0) is 48.7 Å². The van der Waals surface area contributed by atoms with E-state index in [4.69, 9.17) is 23.2 Å². The van der Waals surface area contributed by atoms with Crippen LogP contribution in [0.1, 0.15) is 23.7 Å². The van der Waals surface area contributed by atoms with Crippen molar-refractivity contribution in [2.24, 2.45) is 11.8 Å². The number of amides is 3. The molecule has 1 fully saturated rings. The molecule has 0 aliphatic heterocycles. The second-order valence-electron chi connectivity index (χ2n) is 7.34. The van der Waals surface area contributed by atoms with Crippen molar-refractivity contribution in [1.82, 2.24) is 4.90 Å². The first kappa shape index (κ1) is 22.1. The van der Waals surface area contributed by atoms with Gasteiger partial charge in [-0.15, -0.1) is 0 Å². The number of nitrogens with zero attached hydrogens (tertiary/aromatic N) is 1. The van der Waals surface area contributed by atoms with Crippen molar-refractivity contribution >= 4 is 52.3 Å². The Bertz CT molecular complexity index is 1010. The predicted molar refractivity (Wildman–Crippen MR) is 114 cm³/mol. The third-order valence-electron chi connectivity index (χ3n) is 4.85. The van der Waals surface area contributed by atoms with Gasteiger partial charge in [0.15, 0.2) is 0 Å². The summed E-state index contributed by atoms with van der Waals surface area (Å²) in [6.07, 6.45) is 0.783. The summed E-state index contributed by atoms with van der Waals surface area (Å²) in [4.78, 5) is 38.5. The SMILES string of the molecule is CC1CC1C(=O)Nc1ccc(F)cc1C(=O)N(C)CC(=O)Nc1ccc(Cl)c(Cl)c1. The van der Waals surface area contributed by atoms with Gasteiger partial charge in [0.05, 0.1) is 27.8 Å². The highest BCUT2D eigenvalue weighted by Crippen LogP contribution is 2.38. The number of hydrogen-bond acceptors (Lipinski definition) is 3. The number of hydrogen-bond donors (Lipinski definition) is 2. The van der Waals surface area contributed by atoms with Crippen LogP contribution in [0, 0.1) is 17.7 Å². The van der Waals surface area contributed by atoms with Gasteiger partial charge in [0.1, 0.15) is 5.82 Å². The van der Waals surface area contributed by atoms with Crippen LogP contribution in [0.4, 0.5) is 15.8 Å². The first-order chi connectivity index (χ1) is 14.2. The van der Waals surface area contributed by atoms with Gasteiger partial charge < -0.3 is 15.5 Å². The number of nitrogens with one attached hydrogen (secondary N) is 2. The summed E-state index contributed by atoms with van der Waals surface area (Å²) in [5.74, 6) is -1.71. The van der Waals surface area contributed by atoms with Gasteiger partial charge >= 0.3 is 0 Å². The molecule has 0 heterocycles. The number of likely N-dealkylation sites (N-methyl/N-ethyl adjacent to an activating group) is 1. The Hall–Kier alpha value is -2.64. The van der Waals surface area contributed by atoms with E-state index in [-0.39, 0.29) is 40.6 Å². The minimum atomic E-state index is -0.621. The molecule has 2 N–H and O–H groups in total. The first-order valence-corrected chi connectivity index (χ1v) is 10.0. The fourth-order valence-electron chi connectivity index (χ4n) is 2.98. The number of benzene rings is 2. The molecule has 6 nitrogen and oxygen atoms in total. The molecule has 0 radical (unpaired) electrons. The van der Waals surface area contributed by atoms with E-state index in [1.165, 1.54) is 31.3 Å². The molecule has 3 amide bonds. The van der Waals surface area contributed by atoms with Crippen LogP contribution < -0.4 is 10.6 Å². The van der Waals surface area contributed by atoms with E-state index in [1.807, 2.05) is 6.92 Å². The smallest absolute Gasteiger partial charge is 0.256 e. The number of rotatable bonds is 6. The quantitative estimate of drug-likeness (QED) is 0.681. The van der Waals surface area contributed by atoms with E-state index < -0.39 is 17.6 Å². The van der Waals surface area contributed by atoms with Crippen LogP contribution in [0.2, 0.25) is 10.0 Å². The fourth-order valence-corrected chi connectivity index (χ4v) is 3.28. The van der Waals surface area contributed by atoms with Crippen molar-refractivity contribution in [3.05, 3.63) is 57.8 Å². The molecular weight excluding hydrogens is 432 g/mol. The summed E-state index contributed by atoms with van der Waals surface area (Å²) < 4.78 is 13.8. The van der Waals surface area contributed by atoms with E-state index in [9.17, 15) is 18.8 Å². The van der Waals surface area contributed by atoms with E-state index in [1.54, 1.807) is 6.07 Å². The molecule has 2 aromatic carbocycles. The monoisotopic (exact) mass is 451 g/mol. The van der Waals surface area contributed by atoms with Gasteiger partial charge in [0.25, 0.3) is 5.91 Å². The summed E-state index contributed by atoms with van der Waals surface area (Å²) >= 11 is 11.8. The van der Waals surface area contributed by atoms with Gasteiger partial charge in [0.2, 0.25) is 11.8 Å². The summed E-state index contributed by atoms with van der Waals surface area (Å²) in [7, 11) is 1.41. The Morgan fingerprint density at radius 2 is 1.80 bits per heavy atom. The number of halogens is 3. The number of anilines is 2. The maximum absolute atomic E-state index is 13.8. The molecule has 9 heteroatoms. The van der Waals surface area contributed by atoms with Gasteiger partial charge in [0, 0.05) is 18.7 Å². The summed E-state index contributed by atoms with van der Waals surface area (Å²) in [6.45, 7) is 1.67. The molecule has 0 spiro atoms. The number of carbonyl (C=O) groups is 3. The summed E-state index contributed by atoms with van der Waals surface area (Å²) in [5, 5.41) is 5.94. The molecule has 30 heavy (non-hydrogen) atoms. The third-order valence-corrected chi connectivity index (χ3v) is 5.59. The van der Waals surface area contributed by atoms with Crippen molar-refractivity contribution in [1.29, 1.82) is 0 Å². The Labute approximate surface area is 183 Å². The average molecular weight is 452 g/mol. The van der Waals surface area contributed by atoms with Crippen molar-refractivity contribution < 1.29 is 18.8 Å². The topological polar surface area (TPSA) is 78.5 Å². The molecule has 0 saturated heterocycles. The maximum Gasteiger partial charge on any atom is 0.256 e. The van der Waals surface area contributed by atoms with E-state index >= 15 is 0 Å². The fraction of sp³-hybridized carbons (Fsp3) is 0.286. The van der Waals surface area contributed by atoms with Crippen LogP contribution in [-0.4, -0.2) is 36.2 Å². The highest BCUT2D eigenvalue weighted by molar-refractivity contribution is 6.42. The average Bonchev–Trinajstić information content (AvgIpc) is 3.42. The molecule has 0 bridgehead atoms. The molecule has 1 aliphatic carbocycles. The van der Waals surface area contributed by atoms with Crippen LogP contribution in [0.5, 0.6) is 0 Å². The van der Waals surface area contributed by atoms with E-state index in [2.05, 4.69) is 10.6 Å². The molecule has 1 saturated carbocycles. The van der Waals surface area contributed by atoms with E-state index in [0.29, 0.717) is 10.7 Å². The van der Waals surface area contributed by atoms with Crippen molar-refractivity contribution in [2.75, 3.05) is 24.2 Å². The summed E-state index contributed by atoms with van der Waals surface area (Å²) in [5.41, 5.74) is 0.608. The van der Waals surface area contributed by atoms with Gasteiger partial charge in [-0.3, -0.25) is 14.4 Å². The minimum absolute atomic E-state index is 0.0264. The lowest BCUT2D eigenvalue weighted by atomic mass is 10.1. The molecule has 1 aliphatic rings. The highest BCUT2D eigenvalue weighted by atomic mass is 35.5. The Kier molecular flexibility index (Phi) is 6.63. The van der Waals surface area contributed by atoms with Crippen molar-refractivity contribution in [2.45, 2.75) is 13.3 Å². The zero-order chi connectivity index (χ0) is 22.0. The standard InChI is InChI=1S/C21H20Cl2FN3O3/c1-11-7-14(11)20(29)26-18-6-3-12(24)8-15(18)21(30)27(2)10-19(28)25-13-4-5-16(22)17(23)9-13/h3-6,8-9,11,14H,7,10H2,1-2H3,(H,25,28)(H,26,29). The zero-order valence-electron chi connectivity index (χ0n) is 16.3. The summed E-state index contributed by atoms with van der Waals surface area (Å²) in [6, 6.07) is 8.16. The molecule has 2 atom stereocenters. The maximum atomic E-state index is 13.8.